The summed E-state index contributed by atoms with van der Waals surface area (Å²) in [7, 11) is -1.29. The Balaban J connectivity index is 1.96. The number of carbonyl (C=O) groups is 1. The van der Waals surface area contributed by atoms with Crippen molar-refractivity contribution in [3.63, 3.8) is 0 Å². The molecular formula is C26H30N2O7S. The van der Waals surface area contributed by atoms with Crippen molar-refractivity contribution < 1.29 is 32.2 Å². The molecule has 0 aromatic heterocycles. The zero-order chi connectivity index (χ0) is 26.1. The molecule has 0 aliphatic carbocycles. The van der Waals surface area contributed by atoms with E-state index in [4.69, 9.17) is 18.9 Å². The van der Waals surface area contributed by atoms with Gasteiger partial charge in [0.05, 0.1) is 38.0 Å². The first-order chi connectivity index (χ1) is 17.3. The predicted molar refractivity (Wildman–Crippen MR) is 138 cm³/mol. The van der Waals surface area contributed by atoms with Crippen molar-refractivity contribution in [2.45, 2.75) is 18.7 Å². The summed E-state index contributed by atoms with van der Waals surface area (Å²) in [6, 6.07) is 17.6. The van der Waals surface area contributed by atoms with Crippen LogP contribution in [0.25, 0.3) is 0 Å². The van der Waals surface area contributed by atoms with Gasteiger partial charge in [0, 0.05) is 17.8 Å². The first-order valence-electron chi connectivity index (χ1n) is 11.3. The Bertz CT molecular complexity index is 1280. The van der Waals surface area contributed by atoms with Crippen molar-refractivity contribution in [1.29, 1.82) is 0 Å². The third kappa shape index (κ3) is 6.39. The van der Waals surface area contributed by atoms with E-state index in [-0.39, 0.29) is 10.6 Å². The number of rotatable bonds is 12. The minimum atomic E-state index is -4.17. The van der Waals surface area contributed by atoms with E-state index < -0.39 is 22.5 Å². The number of anilines is 2. The SMILES string of the molecule is CCOc1ccc(N(CC(=O)Nc2cccc(OCC)c2)S(=O)(=O)c2ccc(OC)c(OC)c2)cc1. The van der Waals surface area contributed by atoms with Crippen LogP contribution in [0.15, 0.2) is 71.6 Å². The van der Waals surface area contributed by atoms with Gasteiger partial charge in [-0.05, 0) is 62.4 Å². The average Bonchev–Trinajstić information content (AvgIpc) is 2.88. The van der Waals surface area contributed by atoms with Gasteiger partial charge in [0.2, 0.25) is 5.91 Å². The number of nitrogens with zero attached hydrogens (tertiary/aromatic N) is 1. The van der Waals surface area contributed by atoms with Crippen molar-refractivity contribution in [3.8, 4) is 23.0 Å². The number of amides is 1. The Hall–Kier alpha value is -3.92. The van der Waals surface area contributed by atoms with Gasteiger partial charge in [0.15, 0.2) is 11.5 Å². The van der Waals surface area contributed by atoms with Crippen LogP contribution in [0.2, 0.25) is 0 Å². The fourth-order valence-corrected chi connectivity index (χ4v) is 4.89. The maximum Gasteiger partial charge on any atom is 0.264 e. The molecule has 0 saturated heterocycles. The van der Waals surface area contributed by atoms with Gasteiger partial charge in [0.25, 0.3) is 10.0 Å². The van der Waals surface area contributed by atoms with Crippen LogP contribution < -0.4 is 28.6 Å². The number of methoxy groups -OCH3 is 2. The van der Waals surface area contributed by atoms with Gasteiger partial charge >= 0.3 is 0 Å². The Morgan fingerprint density at radius 1 is 0.833 bits per heavy atom. The van der Waals surface area contributed by atoms with E-state index in [1.165, 1.54) is 32.4 Å². The fourth-order valence-electron chi connectivity index (χ4n) is 3.46. The van der Waals surface area contributed by atoms with Gasteiger partial charge in [-0.15, -0.1) is 0 Å². The molecule has 0 heterocycles. The molecule has 0 spiro atoms. The molecule has 0 saturated carbocycles. The monoisotopic (exact) mass is 514 g/mol. The first-order valence-corrected chi connectivity index (χ1v) is 12.8. The number of hydrogen-bond acceptors (Lipinski definition) is 7. The molecule has 0 bridgehead atoms. The first kappa shape index (κ1) is 26.7. The molecule has 0 aliphatic heterocycles. The summed E-state index contributed by atoms with van der Waals surface area (Å²) in [4.78, 5) is 13.0. The molecule has 9 nitrogen and oxygen atoms in total. The lowest BCUT2D eigenvalue weighted by molar-refractivity contribution is -0.114. The molecule has 0 aliphatic rings. The molecule has 0 radical (unpaired) electrons. The zero-order valence-corrected chi connectivity index (χ0v) is 21.5. The number of benzene rings is 3. The molecule has 3 aromatic carbocycles. The predicted octanol–water partition coefficient (Wildman–Crippen LogP) is 4.34. The van der Waals surface area contributed by atoms with E-state index in [9.17, 15) is 13.2 Å². The van der Waals surface area contributed by atoms with Gasteiger partial charge in [-0.1, -0.05) is 6.07 Å². The molecule has 1 amide bonds. The number of hydrogen-bond donors (Lipinski definition) is 1. The Labute approximate surface area is 211 Å². The van der Waals surface area contributed by atoms with E-state index in [1.54, 1.807) is 48.5 Å². The summed E-state index contributed by atoms with van der Waals surface area (Å²) >= 11 is 0. The van der Waals surface area contributed by atoms with E-state index >= 15 is 0 Å². The average molecular weight is 515 g/mol. The summed E-state index contributed by atoms with van der Waals surface area (Å²) in [6.07, 6.45) is 0. The van der Waals surface area contributed by atoms with Gasteiger partial charge < -0.3 is 24.3 Å². The van der Waals surface area contributed by atoms with E-state index in [1.807, 2.05) is 13.8 Å². The van der Waals surface area contributed by atoms with E-state index in [2.05, 4.69) is 5.32 Å². The highest BCUT2D eigenvalue weighted by molar-refractivity contribution is 7.92. The highest BCUT2D eigenvalue weighted by atomic mass is 32.2. The van der Waals surface area contributed by atoms with Crippen LogP contribution in [0.4, 0.5) is 11.4 Å². The standard InChI is InChI=1S/C26H30N2O7S/c1-5-34-21-12-10-20(11-13-21)28(18-26(29)27-19-8-7-9-22(16-19)35-6-2)36(30,31)23-14-15-24(32-3)25(17-23)33-4/h7-17H,5-6,18H2,1-4H3,(H,27,29). The van der Waals surface area contributed by atoms with Crippen molar-refractivity contribution in [2.75, 3.05) is 43.6 Å². The van der Waals surface area contributed by atoms with Gasteiger partial charge in [-0.25, -0.2) is 8.42 Å². The van der Waals surface area contributed by atoms with Crippen LogP contribution in [0.1, 0.15) is 13.8 Å². The Morgan fingerprint density at radius 3 is 2.14 bits per heavy atom. The highest BCUT2D eigenvalue weighted by Gasteiger charge is 2.28. The number of carbonyl (C=O) groups excluding carboxylic acids is 1. The van der Waals surface area contributed by atoms with Gasteiger partial charge in [-0.3, -0.25) is 9.10 Å². The third-order valence-corrected chi connectivity index (χ3v) is 6.86. The van der Waals surface area contributed by atoms with Gasteiger partial charge in [-0.2, -0.15) is 0 Å². The second-order valence-corrected chi connectivity index (χ2v) is 9.33. The summed E-state index contributed by atoms with van der Waals surface area (Å²) in [5, 5.41) is 2.74. The van der Waals surface area contributed by atoms with Crippen LogP contribution >= 0.6 is 0 Å². The van der Waals surface area contributed by atoms with Crippen molar-refractivity contribution in [3.05, 3.63) is 66.7 Å². The molecule has 36 heavy (non-hydrogen) atoms. The summed E-state index contributed by atoms with van der Waals surface area (Å²) in [6.45, 7) is 4.19. The lowest BCUT2D eigenvalue weighted by Gasteiger charge is -2.25. The number of ether oxygens (including phenoxy) is 4. The molecule has 10 heteroatoms. The fraction of sp³-hybridized carbons (Fsp3) is 0.269. The van der Waals surface area contributed by atoms with E-state index in [0.29, 0.717) is 41.8 Å². The molecule has 3 aromatic rings. The molecule has 3 rings (SSSR count). The topological polar surface area (TPSA) is 103 Å². The summed E-state index contributed by atoms with van der Waals surface area (Å²) < 4.78 is 49.9. The second kappa shape index (κ2) is 12.2. The van der Waals surface area contributed by atoms with Crippen LogP contribution in [-0.2, 0) is 14.8 Å². The van der Waals surface area contributed by atoms with Crippen molar-refractivity contribution in [1.82, 2.24) is 0 Å². The lowest BCUT2D eigenvalue weighted by Crippen LogP contribution is -2.38. The zero-order valence-electron chi connectivity index (χ0n) is 20.7. The normalized spacial score (nSPS) is 10.9. The number of sulfonamides is 1. The molecule has 1 N–H and O–H groups in total. The van der Waals surface area contributed by atoms with Crippen LogP contribution in [0, 0.1) is 0 Å². The summed E-state index contributed by atoms with van der Waals surface area (Å²) in [5.74, 6) is 1.29. The minimum absolute atomic E-state index is 0.0554. The van der Waals surface area contributed by atoms with Crippen LogP contribution in [0.5, 0.6) is 23.0 Å². The van der Waals surface area contributed by atoms with Crippen molar-refractivity contribution in [2.24, 2.45) is 0 Å². The number of nitrogens with one attached hydrogen (secondary N) is 1. The molecule has 192 valence electrons. The second-order valence-electron chi connectivity index (χ2n) is 7.46. The highest BCUT2D eigenvalue weighted by Crippen LogP contribution is 2.32. The lowest BCUT2D eigenvalue weighted by atomic mass is 10.3. The van der Waals surface area contributed by atoms with E-state index in [0.717, 1.165) is 4.31 Å². The molecule has 0 unspecified atom stereocenters. The maximum absolute atomic E-state index is 13.7. The van der Waals surface area contributed by atoms with Gasteiger partial charge in [0.1, 0.15) is 18.0 Å². The molecule has 0 atom stereocenters. The minimum Gasteiger partial charge on any atom is -0.494 e. The molecule has 0 fully saturated rings. The summed E-state index contributed by atoms with van der Waals surface area (Å²) in [5.41, 5.74) is 0.785. The Morgan fingerprint density at radius 2 is 1.50 bits per heavy atom. The largest absolute Gasteiger partial charge is 0.494 e. The quantitative estimate of drug-likeness (QED) is 0.384. The van der Waals surface area contributed by atoms with Crippen molar-refractivity contribution >= 4 is 27.3 Å². The van der Waals surface area contributed by atoms with Crippen LogP contribution in [0.3, 0.4) is 0 Å². The third-order valence-electron chi connectivity index (χ3n) is 5.09. The maximum atomic E-state index is 13.7. The smallest absolute Gasteiger partial charge is 0.264 e. The molecular weight excluding hydrogens is 484 g/mol. The van der Waals surface area contributed by atoms with Crippen LogP contribution in [-0.4, -0.2) is 48.3 Å². The Kier molecular flexibility index (Phi) is 9.02.